The maximum absolute atomic E-state index is 10.5. The summed E-state index contributed by atoms with van der Waals surface area (Å²) in [4.78, 5) is 13.7. The number of halogens is 1. The molecule has 0 atom stereocenters. The smallest absolute Gasteiger partial charge is 0.304 e. The van der Waals surface area contributed by atoms with E-state index in [1.807, 2.05) is 0 Å². The summed E-state index contributed by atoms with van der Waals surface area (Å²) in [6.45, 7) is 0.126. The number of nitrogens with zero attached hydrogens (tertiary/aromatic N) is 2. The Bertz CT molecular complexity index is 422. The Labute approximate surface area is 85.0 Å². The molecule has 0 saturated carbocycles. The summed E-state index contributed by atoms with van der Waals surface area (Å²) >= 11 is 5.56. The van der Waals surface area contributed by atoms with E-state index < -0.39 is 4.92 Å². The van der Waals surface area contributed by atoms with Crippen molar-refractivity contribution in [1.29, 1.82) is 0 Å². The molecule has 2 N–H and O–H groups in total. The fourth-order valence-corrected chi connectivity index (χ4v) is 0.951. The lowest BCUT2D eigenvalue weighted by molar-refractivity contribution is -0.385. The van der Waals surface area contributed by atoms with Crippen LogP contribution in [0, 0.1) is 22.0 Å². The first-order valence-corrected chi connectivity index (χ1v) is 4.02. The first-order chi connectivity index (χ1) is 6.65. The molecule has 0 saturated heterocycles. The number of nitro groups is 1. The molecule has 0 aliphatic rings. The highest BCUT2D eigenvalue weighted by Crippen LogP contribution is 2.19. The summed E-state index contributed by atoms with van der Waals surface area (Å²) < 4.78 is 0. The highest BCUT2D eigenvalue weighted by Gasteiger charge is 2.13. The third-order valence-corrected chi connectivity index (χ3v) is 1.55. The van der Waals surface area contributed by atoms with Crippen molar-refractivity contribution in [2.45, 2.75) is 0 Å². The van der Waals surface area contributed by atoms with Gasteiger partial charge in [-0.2, -0.15) is 0 Å². The Morgan fingerprint density at radius 1 is 1.71 bits per heavy atom. The van der Waals surface area contributed by atoms with E-state index in [1.54, 1.807) is 0 Å². The van der Waals surface area contributed by atoms with Crippen molar-refractivity contribution in [3.8, 4) is 11.8 Å². The Morgan fingerprint density at radius 2 is 2.43 bits per heavy atom. The number of rotatable bonds is 1. The molecular weight excluding hydrogens is 206 g/mol. The van der Waals surface area contributed by atoms with Crippen molar-refractivity contribution >= 4 is 17.3 Å². The molecule has 5 nitrogen and oxygen atoms in total. The molecule has 1 rings (SSSR count). The van der Waals surface area contributed by atoms with Crippen molar-refractivity contribution in [2.24, 2.45) is 5.73 Å². The minimum absolute atomic E-state index is 0.0739. The molecule has 72 valence electrons. The lowest BCUT2D eigenvalue weighted by Gasteiger charge is -1.94. The van der Waals surface area contributed by atoms with Gasteiger partial charge in [-0.25, -0.2) is 4.98 Å². The molecule has 14 heavy (non-hydrogen) atoms. The summed E-state index contributed by atoms with van der Waals surface area (Å²) in [6, 6.07) is 1.20. The predicted molar refractivity (Wildman–Crippen MR) is 51.8 cm³/mol. The van der Waals surface area contributed by atoms with Crippen molar-refractivity contribution in [1.82, 2.24) is 4.98 Å². The largest absolute Gasteiger partial charge is 0.320 e. The van der Waals surface area contributed by atoms with Crippen molar-refractivity contribution in [3.05, 3.63) is 33.1 Å². The van der Waals surface area contributed by atoms with Gasteiger partial charge in [-0.15, -0.1) is 0 Å². The molecule has 0 aliphatic carbocycles. The topological polar surface area (TPSA) is 82.0 Å². The monoisotopic (exact) mass is 211 g/mol. The van der Waals surface area contributed by atoms with Crippen LogP contribution >= 0.6 is 11.6 Å². The molecule has 1 aromatic heterocycles. The third-order valence-electron chi connectivity index (χ3n) is 1.34. The van der Waals surface area contributed by atoms with Crippen molar-refractivity contribution in [2.75, 3.05) is 6.54 Å². The van der Waals surface area contributed by atoms with Crippen LogP contribution in [0.1, 0.15) is 5.69 Å². The Hall–Kier alpha value is -1.64. The van der Waals surface area contributed by atoms with Gasteiger partial charge < -0.3 is 5.73 Å². The van der Waals surface area contributed by atoms with Crippen LogP contribution in [0.15, 0.2) is 12.3 Å². The molecule has 0 unspecified atom stereocenters. The SMILES string of the molecule is NCC#Cc1ncc(Cl)cc1[N+](=O)[O-]. The second-order valence-electron chi connectivity index (χ2n) is 2.28. The third kappa shape index (κ3) is 2.42. The first kappa shape index (κ1) is 10.4. The van der Waals surface area contributed by atoms with E-state index in [9.17, 15) is 10.1 Å². The van der Waals surface area contributed by atoms with Crippen LogP contribution < -0.4 is 5.73 Å². The van der Waals surface area contributed by atoms with Crippen LogP contribution in [0.3, 0.4) is 0 Å². The molecule has 1 aromatic rings. The van der Waals surface area contributed by atoms with E-state index in [2.05, 4.69) is 16.8 Å². The summed E-state index contributed by atoms with van der Waals surface area (Å²) in [6.07, 6.45) is 1.30. The second-order valence-corrected chi connectivity index (χ2v) is 2.72. The summed E-state index contributed by atoms with van der Waals surface area (Å²) in [5, 5.41) is 10.7. The Kier molecular flexibility index (Phi) is 3.40. The summed E-state index contributed by atoms with van der Waals surface area (Å²) in [5.74, 6) is 4.98. The molecule has 0 amide bonds. The Balaban J connectivity index is 3.22. The average molecular weight is 212 g/mol. The zero-order valence-corrected chi connectivity index (χ0v) is 7.78. The highest BCUT2D eigenvalue weighted by molar-refractivity contribution is 6.30. The van der Waals surface area contributed by atoms with E-state index >= 15 is 0 Å². The zero-order chi connectivity index (χ0) is 10.6. The van der Waals surface area contributed by atoms with Gasteiger partial charge in [0, 0.05) is 12.3 Å². The molecule has 0 aromatic carbocycles. The molecular formula is C8H6ClN3O2. The normalized spacial score (nSPS) is 9.00. The fraction of sp³-hybridized carbons (Fsp3) is 0.125. The standard InChI is InChI=1S/C8H6ClN3O2/c9-6-4-8(12(13)14)7(11-5-6)2-1-3-10/h4-5H,3,10H2. The number of nitrogens with two attached hydrogens (primary N) is 1. The van der Waals surface area contributed by atoms with E-state index in [-0.39, 0.29) is 22.9 Å². The van der Waals surface area contributed by atoms with Gasteiger partial charge in [0.05, 0.1) is 16.5 Å². The van der Waals surface area contributed by atoms with Gasteiger partial charge in [-0.05, 0) is 5.92 Å². The fourth-order valence-electron chi connectivity index (χ4n) is 0.799. The maximum Gasteiger partial charge on any atom is 0.304 e. The van der Waals surface area contributed by atoms with Crippen LogP contribution in [0.5, 0.6) is 0 Å². The minimum atomic E-state index is -0.584. The van der Waals surface area contributed by atoms with Crippen molar-refractivity contribution in [3.63, 3.8) is 0 Å². The number of hydrogen-bond donors (Lipinski definition) is 1. The molecule has 0 bridgehead atoms. The summed E-state index contributed by atoms with van der Waals surface area (Å²) in [7, 11) is 0. The number of pyridine rings is 1. The van der Waals surface area contributed by atoms with Crippen molar-refractivity contribution < 1.29 is 4.92 Å². The minimum Gasteiger partial charge on any atom is -0.320 e. The van der Waals surface area contributed by atoms with Gasteiger partial charge in [0.1, 0.15) is 0 Å². The van der Waals surface area contributed by atoms with Gasteiger partial charge in [0.2, 0.25) is 0 Å². The lowest BCUT2D eigenvalue weighted by atomic mass is 10.3. The first-order valence-electron chi connectivity index (χ1n) is 3.64. The molecule has 0 aliphatic heterocycles. The van der Waals surface area contributed by atoms with Crippen LogP contribution in [0.4, 0.5) is 5.69 Å². The molecule has 6 heteroatoms. The number of hydrogen-bond acceptors (Lipinski definition) is 4. The lowest BCUT2D eigenvalue weighted by Crippen LogP contribution is -1.97. The van der Waals surface area contributed by atoms with Crippen LogP contribution in [0.25, 0.3) is 0 Å². The van der Waals surface area contributed by atoms with Gasteiger partial charge in [-0.1, -0.05) is 17.5 Å². The second kappa shape index (κ2) is 4.56. The molecule has 1 heterocycles. The van der Waals surface area contributed by atoms with Gasteiger partial charge in [0.25, 0.3) is 0 Å². The highest BCUT2D eigenvalue weighted by atomic mass is 35.5. The van der Waals surface area contributed by atoms with Crippen LogP contribution in [-0.4, -0.2) is 16.5 Å². The quantitative estimate of drug-likeness (QED) is 0.426. The van der Waals surface area contributed by atoms with Gasteiger partial charge >= 0.3 is 5.69 Å². The molecule has 0 fully saturated rings. The van der Waals surface area contributed by atoms with E-state index in [4.69, 9.17) is 17.3 Å². The Morgan fingerprint density at radius 3 is 3.00 bits per heavy atom. The van der Waals surface area contributed by atoms with Gasteiger partial charge in [-0.3, -0.25) is 10.1 Å². The van der Waals surface area contributed by atoms with Gasteiger partial charge in [0.15, 0.2) is 5.69 Å². The zero-order valence-electron chi connectivity index (χ0n) is 7.03. The number of aromatic nitrogens is 1. The van der Waals surface area contributed by atoms with Crippen LogP contribution in [-0.2, 0) is 0 Å². The average Bonchev–Trinajstić information content (AvgIpc) is 2.15. The molecule has 0 spiro atoms. The predicted octanol–water partition coefficient (Wildman–Crippen LogP) is 0.953. The van der Waals surface area contributed by atoms with Crippen LogP contribution in [0.2, 0.25) is 5.02 Å². The molecule has 0 radical (unpaired) electrons. The van der Waals surface area contributed by atoms with E-state index in [0.29, 0.717) is 0 Å². The van der Waals surface area contributed by atoms with E-state index in [0.717, 1.165) is 0 Å². The van der Waals surface area contributed by atoms with E-state index in [1.165, 1.54) is 12.3 Å². The maximum atomic E-state index is 10.5. The summed E-state index contributed by atoms with van der Waals surface area (Å²) in [5.41, 5.74) is 5.00.